The van der Waals surface area contributed by atoms with E-state index in [1.54, 1.807) is 6.07 Å². The Bertz CT molecular complexity index is 585. The molecule has 0 fully saturated rings. The summed E-state index contributed by atoms with van der Waals surface area (Å²) in [6.07, 6.45) is 0. The molecule has 1 heterocycles. The molecule has 0 saturated heterocycles. The molecule has 0 aliphatic carbocycles. The minimum absolute atomic E-state index is 0.219. The van der Waals surface area contributed by atoms with Crippen molar-refractivity contribution in [1.82, 2.24) is 9.55 Å². The number of nitrogens with zero attached hydrogens (tertiary/aromatic N) is 1. The molecule has 0 bridgehead atoms. The molecule has 0 unspecified atom stereocenters. The number of fused-ring (bicyclic) bond motifs is 1. The summed E-state index contributed by atoms with van der Waals surface area (Å²) in [5, 5.41) is 0. The molecule has 0 saturated carbocycles. The van der Waals surface area contributed by atoms with Crippen LogP contribution in [0.3, 0.4) is 0 Å². The number of hydrogen-bond donors (Lipinski definition) is 1. The number of rotatable bonds is 2. The maximum Gasteiger partial charge on any atom is 0.178 e. The highest BCUT2D eigenvalue weighted by Crippen LogP contribution is 2.26. The van der Waals surface area contributed by atoms with E-state index in [1.807, 2.05) is 18.4 Å². The largest absolute Gasteiger partial charge is 0.494 e. The second kappa shape index (κ2) is 3.90. The first-order valence-electron chi connectivity index (χ1n) is 5.02. The molecule has 0 spiro atoms. The molecule has 86 valence electrons. The van der Waals surface area contributed by atoms with E-state index in [1.165, 1.54) is 13.2 Å². The van der Waals surface area contributed by atoms with E-state index in [0.29, 0.717) is 10.3 Å². The quantitative estimate of drug-likeness (QED) is 0.815. The SMILES string of the molecule is COc1cc2c(cc1F)[nH]c(=S)n2C(C)C. The highest BCUT2D eigenvalue weighted by molar-refractivity contribution is 7.71. The van der Waals surface area contributed by atoms with E-state index in [0.717, 1.165) is 5.52 Å². The Morgan fingerprint density at radius 3 is 2.69 bits per heavy atom. The third-order valence-electron chi connectivity index (χ3n) is 2.51. The number of nitrogens with one attached hydrogen (secondary N) is 1. The van der Waals surface area contributed by atoms with Crippen LogP contribution in [0.15, 0.2) is 12.1 Å². The van der Waals surface area contributed by atoms with Gasteiger partial charge in [-0.25, -0.2) is 4.39 Å². The Kier molecular flexibility index (Phi) is 2.71. The summed E-state index contributed by atoms with van der Waals surface area (Å²) in [4.78, 5) is 2.98. The van der Waals surface area contributed by atoms with Gasteiger partial charge in [-0.2, -0.15) is 0 Å². The smallest absolute Gasteiger partial charge is 0.178 e. The maximum absolute atomic E-state index is 13.5. The van der Waals surface area contributed by atoms with E-state index < -0.39 is 0 Å². The van der Waals surface area contributed by atoms with Crippen molar-refractivity contribution >= 4 is 23.3 Å². The van der Waals surface area contributed by atoms with Crippen molar-refractivity contribution in [2.75, 3.05) is 7.11 Å². The van der Waals surface area contributed by atoms with Crippen molar-refractivity contribution < 1.29 is 9.13 Å². The van der Waals surface area contributed by atoms with Crippen LogP contribution in [0.4, 0.5) is 4.39 Å². The van der Waals surface area contributed by atoms with Gasteiger partial charge >= 0.3 is 0 Å². The zero-order valence-corrected chi connectivity index (χ0v) is 10.2. The van der Waals surface area contributed by atoms with Gasteiger partial charge in [0.2, 0.25) is 0 Å². The van der Waals surface area contributed by atoms with Gasteiger partial charge in [-0.15, -0.1) is 0 Å². The molecule has 1 N–H and O–H groups in total. The molecule has 0 amide bonds. The van der Waals surface area contributed by atoms with Gasteiger partial charge in [-0.05, 0) is 26.1 Å². The Morgan fingerprint density at radius 2 is 2.12 bits per heavy atom. The van der Waals surface area contributed by atoms with Crippen molar-refractivity contribution in [3.05, 3.63) is 22.7 Å². The van der Waals surface area contributed by atoms with Crippen molar-refractivity contribution in [2.45, 2.75) is 19.9 Å². The molecule has 0 aliphatic rings. The van der Waals surface area contributed by atoms with E-state index in [-0.39, 0.29) is 17.6 Å². The summed E-state index contributed by atoms with van der Waals surface area (Å²) in [6, 6.07) is 3.29. The minimum Gasteiger partial charge on any atom is -0.494 e. The standard InChI is InChI=1S/C11H13FN2OS/c1-6(2)14-9-5-10(15-3)7(12)4-8(9)13-11(14)16/h4-6H,1-3H3,(H,13,16). The van der Waals surface area contributed by atoms with Crippen molar-refractivity contribution in [2.24, 2.45) is 0 Å². The Balaban J connectivity index is 2.82. The summed E-state index contributed by atoms with van der Waals surface area (Å²) >= 11 is 5.20. The van der Waals surface area contributed by atoms with Gasteiger partial charge in [0.1, 0.15) is 0 Å². The van der Waals surface area contributed by atoms with Crippen LogP contribution in [0.25, 0.3) is 11.0 Å². The number of H-pyrrole nitrogens is 1. The van der Waals surface area contributed by atoms with Crippen LogP contribution in [0, 0.1) is 10.6 Å². The number of ether oxygens (including phenoxy) is 1. The van der Waals surface area contributed by atoms with Crippen LogP contribution < -0.4 is 4.74 Å². The highest BCUT2D eigenvalue weighted by atomic mass is 32.1. The second-order valence-corrected chi connectivity index (χ2v) is 4.28. The molecule has 1 aromatic carbocycles. The third kappa shape index (κ3) is 1.61. The van der Waals surface area contributed by atoms with Crippen LogP contribution in [0.2, 0.25) is 0 Å². The van der Waals surface area contributed by atoms with Crippen LogP contribution in [-0.4, -0.2) is 16.7 Å². The monoisotopic (exact) mass is 240 g/mol. The van der Waals surface area contributed by atoms with Gasteiger partial charge < -0.3 is 14.3 Å². The molecular formula is C11H13FN2OS. The second-order valence-electron chi connectivity index (χ2n) is 3.90. The fourth-order valence-corrected chi connectivity index (χ4v) is 2.22. The number of aromatic amines is 1. The lowest BCUT2D eigenvalue weighted by Gasteiger charge is -2.09. The van der Waals surface area contributed by atoms with Crippen molar-refractivity contribution in [3.63, 3.8) is 0 Å². The molecule has 16 heavy (non-hydrogen) atoms. The van der Waals surface area contributed by atoms with Gasteiger partial charge in [-0.3, -0.25) is 0 Å². The topological polar surface area (TPSA) is 29.9 Å². The number of imidazole rings is 1. The van der Waals surface area contributed by atoms with Gasteiger partial charge in [-0.1, -0.05) is 0 Å². The Labute approximate surface area is 97.8 Å². The third-order valence-corrected chi connectivity index (χ3v) is 2.81. The van der Waals surface area contributed by atoms with Crippen LogP contribution in [0.5, 0.6) is 5.75 Å². The van der Waals surface area contributed by atoms with E-state index in [9.17, 15) is 4.39 Å². The zero-order valence-electron chi connectivity index (χ0n) is 9.37. The normalized spacial score (nSPS) is 11.3. The summed E-state index contributed by atoms with van der Waals surface area (Å²) in [5.41, 5.74) is 1.55. The molecule has 0 aliphatic heterocycles. The first kappa shape index (κ1) is 11.1. The highest BCUT2D eigenvalue weighted by Gasteiger charge is 2.11. The van der Waals surface area contributed by atoms with E-state index in [2.05, 4.69) is 4.98 Å². The molecule has 2 rings (SSSR count). The Hall–Kier alpha value is -1.36. The van der Waals surface area contributed by atoms with Gasteiger partial charge in [0.25, 0.3) is 0 Å². The van der Waals surface area contributed by atoms with Gasteiger partial charge in [0.15, 0.2) is 16.3 Å². The predicted molar refractivity (Wildman–Crippen MR) is 64.0 cm³/mol. The average Bonchev–Trinajstić information content (AvgIpc) is 2.51. The number of aromatic nitrogens is 2. The summed E-state index contributed by atoms with van der Waals surface area (Å²) in [7, 11) is 1.45. The van der Waals surface area contributed by atoms with E-state index >= 15 is 0 Å². The Morgan fingerprint density at radius 1 is 1.44 bits per heavy atom. The minimum atomic E-state index is -0.387. The molecule has 2 aromatic rings. The number of methoxy groups -OCH3 is 1. The molecule has 0 radical (unpaired) electrons. The van der Waals surface area contributed by atoms with E-state index in [4.69, 9.17) is 17.0 Å². The van der Waals surface area contributed by atoms with Crippen molar-refractivity contribution in [3.8, 4) is 5.75 Å². The number of halogens is 1. The van der Waals surface area contributed by atoms with Gasteiger partial charge in [0.05, 0.1) is 18.1 Å². The number of benzene rings is 1. The predicted octanol–water partition coefficient (Wildman–Crippen LogP) is 3.43. The fourth-order valence-electron chi connectivity index (χ4n) is 1.80. The van der Waals surface area contributed by atoms with Gasteiger partial charge in [0, 0.05) is 18.2 Å². The van der Waals surface area contributed by atoms with Crippen LogP contribution in [-0.2, 0) is 0 Å². The molecule has 0 atom stereocenters. The summed E-state index contributed by atoms with van der Waals surface area (Å²) in [6.45, 7) is 4.05. The van der Waals surface area contributed by atoms with Crippen LogP contribution >= 0.6 is 12.2 Å². The van der Waals surface area contributed by atoms with Crippen molar-refractivity contribution in [1.29, 1.82) is 0 Å². The lowest BCUT2D eigenvalue weighted by atomic mass is 10.2. The molecule has 1 aromatic heterocycles. The zero-order chi connectivity index (χ0) is 11.9. The van der Waals surface area contributed by atoms with Crippen LogP contribution in [0.1, 0.15) is 19.9 Å². The maximum atomic E-state index is 13.5. The first-order chi connectivity index (χ1) is 7.54. The number of hydrogen-bond acceptors (Lipinski definition) is 2. The molecular weight excluding hydrogens is 227 g/mol. The molecule has 3 nitrogen and oxygen atoms in total. The molecule has 5 heteroatoms. The lowest BCUT2D eigenvalue weighted by molar-refractivity contribution is 0.387. The lowest BCUT2D eigenvalue weighted by Crippen LogP contribution is -2.00. The first-order valence-corrected chi connectivity index (χ1v) is 5.43. The summed E-state index contributed by atoms with van der Waals surface area (Å²) < 4.78 is 21.0. The average molecular weight is 240 g/mol. The summed E-state index contributed by atoms with van der Waals surface area (Å²) in [5.74, 6) is -0.155. The fraction of sp³-hybridized carbons (Fsp3) is 0.364.